The molecule has 0 bridgehead atoms. The Kier molecular flexibility index (Phi) is 4.22. The van der Waals surface area contributed by atoms with Gasteiger partial charge in [-0.3, -0.25) is 4.79 Å². The van der Waals surface area contributed by atoms with Gasteiger partial charge >= 0.3 is 5.97 Å². The van der Waals surface area contributed by atoms with Crippen molar-refractivity contribution < 1.29 is 14.3 Å². The third kappa shape index (κ3) is 2.99. The highest BCUT2D eigenvalue weighted by molar-refractivity contribution is 5.72. The van der Waals surface area contributed by atoms with Gasteiger partial charge in [0.25, 0.3) is 0 Å². The highest BCUT2D eigenvalue weighted by Crippen LogP contribution is 2.26. The van der Waals surface area contributed by atoms with Crippen LogP contribution >= 0.6 is 0 Å². The Morgan fingerprint density at radius 3 is 2.38 bits per heavy atom. The number of methoxy groups -OCH3 is 1. The summed E-state index contributed by atoms with van der Waals surface area (Å²) in [7, 11) is 1.73. The summed E-state index contributed by atoms with van der Waals surface area (Å²) in [6.45, 7) is 2.34. The van der Waals surface area contributed by atoms with Gasteiger partial charge in [-0.25, -0.2) is 0 Å². The first-order valence-corrected chi connectivity index (χ1v) is 4.97. The lowest BCUT2D eigenvalue weighted by atomic mass is 9.87. The second kappa shape index (κ2) is 5.22. The summed E-state index contributed by atoms with van der Waals surface area (Å²) >= 11 is 0. The maximum atomic E-state index is 11.3. The van der Waals surface area contributed by atoms with Crippen LogP contribution < -0.4 is 0 Å². The minimum absolute atomic E-state index is 0.0305. The van der Waals surface area contributed by atoms with E-state index in [9.17, 15) is 4.79 Å². The second-order valence-corrected chi connectivity index (χ2v) is 3.46. The molecule has 1 saturated carbocycles. The zero-order valence-corrected chi connectivity index (χ0v) is 8.41. The molecule has 0 saturated heterocycles. The van der Waals surface area contributed by atoms with E-state index in [0.717, 1.165) is 25.7 Å². The van der Waals surface area contributed by atoms with E-state index >= 15 is 0 Å². The van der Waals surface area contributed by atoms with Crippen molar-refractivity contribution in [2.24, 2.45) is 5.92 Å². The molecule has 0 unspecified atom stereocenters. The van der Waals surface area contributed by atoms with Gasteiger partial charge < -0.3 is 9.47 Å². The van der Waals surface area contributed by atoms with Crippen molar-refractivity contribution in [2.75, 3.05) is 13.7 Å². The third-order valence-electron chi connectivity index (χ3n) is 2.63. The van der Waals surface area contributed by atoms with Crippen LogP contribution in [0.3, 0.4) is 0 Å². The lowest BCUT2D eigenvalue weighted by molar-refractivity contribution is -0.149. The van der Waals surface area contributed by atoms with Crippen molar-refractivity contribution in [2.45, 2.75) is 38.7 Å². The monoisotopic (exact) mass is 186 g/mol. The van der Waals surface area contributed by atoms with E-state index in [4.69, 9.17) is 9.47 Å². The molecule has 0 spiro atoms. The van der Waals surface area contributed by atoms with Gasteiger partial charge in [-0.05, 0) is 32.6 Å². The van der Waals surface area contributed by atoms with Crippen LogP contribution in [0.25, 0.3) is 0 Å². The van der Waals surface area contributed by atoms with E-state index in [1.54, 1.807) is 7.11 Å². The SMILES string of the molecule is CCOC(=O)C1CCC(OC)CC1. The number of ether oxygens (including phenoxy) is 2. The van der Waals surface area contributed by atoms with Crippen molar-refractivity contribution >= 4 is 5.97 Å². The zero-order valence-electron chi connectivity index (χ0n) is 8.41. The van der Waals surface area contributed by atoms with Gasteiger partial charge in [0.15, 0.2) is 0 Å². The van der Waals surface area contributed by atoms with Gasteiger partial charge in [0.2, 0.25) is 0 Å². The molecule has 1 aliphatic carbocycles. The van der Waals surface area contributed by atoms with Crippen molar-refractivity contribution in [3.05, 3.63) is 0 Å². The Morgan fingerprint density at radius 1 is 1.31 bits per heavy atom. The standard InChI is InChI=1S/C10H18O3/c1-3-13-10(11)8-4-6-9(12-2)7-5-8/h8-9H,3-7H2,1-2H3. The summed E-state index contributed by atoms with van der Waals surface area (Å²) in [5, 5.41) is 0. The van der Waals surface area contributed by atoms with Crippen LogP contribution in [-0.4, -0.2) is 25.8 Å². The first kappa shape index (κ1) is 10.5. The summed E-state index contributed by atoms with van der Waals surface area (Å²) < 4.78 is 10.2. The van der Waals surface area contributed by atoms with Crippen LogP contribution in [0.1, 0.15) is 32.6 Å². The number of hydrogen-bond donors (Lipinski definition) is 0. The summed E-state index contributed by atoms with van der Waals surface area (Å²) in [4.78, 5) is 11.3. The number of rotatable bonds is 3. The third-order valence-corrected chi connectivity index (χ3v) is 2.63. The molecule has 3 nitrogen and oxygen atoms in total. The Labute approximate surface area is 79.4 Å². The largest absolute Gasteiger partial charge is 0.466 e. The number of esters is 1. The highest BCUT2D eigenvalue weighted by Gasteiger charge is 2.26. The van der Waals surface area contributed by atoms with E-state index in [0.29, 0.717) is 12.7 Å². The summed E-state index contributed by atoms with van der Waals surface area (Å²) in [6.07, 6.45) is 4.15. The van der Waals surface area contributed by atoms with Crippen molar-refractivity contribution in [1.82, 2.24) is 0 Å². The molecule has 0 amide bonds. The van der Waals surface area contributed by atoms with Crippen LogP contribution in [-0.2, 0) is 14.3 Å². The highest BCUT2D eigenvalue weighted by atomic mass is 16.5. The van der Waals surface area contributed by atoms with Crippen LogP contribution in [0.15, 0.2) is 0 Å². The van der Waals surface area contributed by atoms with Crippen LogP contribution in [0.2, 0.25) is 0 Å². The molecule has 0 aliphatic heterocycles. The molecule has 1 fully saturated rings. The Morgan fingerprint density at radius 2 is 1.92 bits per heavy atom. The molecule has 76 valence electrons. The predicted octanol–water partition coefficient (Wildman–Crippen LogP) is 1.75. The summed E-state index contributed by atoms with van der Waals surface area (Å²) in [5.74, 6) is 0.0865. The topological polar surface area (TPSA) is 35.5 Å². The fourth-order valence-corrected chi connectivity index (χ4v) is 1.79. The summed E-state index contributed by atoms with van der Waals surface area (Å²) in [5.41, 5.74) is 0. The zero-order chi connectivity index (χ0) is 9.68. The smallest absolute Gasteiger partial charge is 0.308 e. The maximum absolute atomic E-state index is 11.3. The molecule has 0 radical (unpaired) electrons. The van der Waals surface area contributed by atoms with Gasteiger partial charge in [-0.15, -0.1) is 0 Å². The Balaban J connectivity index is 2.28. The molecule has 1 aliphatic rings. The number of carbonyl (C=O) groups excluding carboxylic acids is 1. The van der Waals surface area contributed by atoms with E-state index in [-0.39, 0.29) is 11.9 Å². The van der Waals surface area contributed by atoms with E-state index < -0.39 is 0 Å². The average molecular weight is 186 g/mol. The van der Waals surface area contributed by atoms with Gasteiger partial charge in [-0.1, -0.05) is 0 Å². The predicted molar refractivity (Wildman–Crippen MR) is 49.4 cm³/mol. The fraction of sp³-hybridized carbons (Fsp3) is 0.900. The van der Waals surface area contributed by atoms with Crippen LogP contribution in [0, 0.1) is 5.92 Å². The molecule has 0 atom stereocenters. The molecule has 1 rings (SSSR count). The normalized spacial score (nSPS) is 28.5. The van der Waals surface area contributed by atoms with Gasteiger partial charge in [0.1, 0.15) is 0 Å². The molecule has 13 heavy (non-hydrogen) atoms. The van der Waals surface area contributed by atoms with Crippen molar-refractivity contribution in [3.63, 3.8) is 0 Å². The minimum atomic E-state index is -0.0305. The lowest BCUT2D eigenvalue weighted by Gasteiger charge is -2.25. The fourth-order valence-electron chi connectivity index (χ4n) is 1.79. The first-order valence-electron chi connectivity index (χ1n) is 4.97. The molecule has 0 aromatic carbocycles. The molecular formula is C10H18O3. The maximum Gasteiger partial charge on any atom is 0.308 e. The summed E-state index contributed by atoms with van der Waals surface area (Å²) in [6, 6.07) is 0. The average Bonchev–Trinajstić information content (AvgIpc) is 2.18. The van der Waals surface area contributed by atoms with Gasteiger partial charge in [-0.2, -0.15) is 0 Å². The van der Waals surface area contributed by atoms with Crippen LogP contribution in [0.4, 0.5) is 0 Å². The van der Waals surface area contributed by atoms with Gasteiger partial charge in [0.05, 0.1) is 18.6 Å². The number of hydrogen-bond acceptors (Lipinski definition) is 3. The Bertz CT molecular complexity index is 160. The van der Waals surface area contributed by atoms with E-state index in [1.807, 2.05) is 6.92 Å². The first-order chi connectivity index (χ1) is 6.27. The molecule has 0 aromatic rings. The molecule has 3 heteroatoms. The van der Waals surface area contributed by atoms with E-state index in [1.165, 1.54) is 0 Å². The minimum Gasteiger partial charge on any atom is -0.466 e. The molecular weight excluding hydrogens is 168 g/mol. The Hall–Kier alpha value is -0.570. The van der Waals surface area contributed by atoms with Crippen molar-refractivity contribution in [3.8, 4) is 0 Å². The second-order valence-electron chi connectivity index (χ2n) is 3.46. The van der Waals surface area contributed by atoms with E-state index in [2.05, 4.69) is 0 Å². The quantitative estimate of drug-likeness (QED) is 0.630. The molecule has 0 aromatic heterocycles. The van der Waals surface area contributed by atoms with Gasteiger partial charge in [0, 0.05) is 7.11 Å². The molecule has 0 N–H and O–H groups in total. The van der Waals surface area contributed by atoms with Crippen LogP contribution in [0.5, 0.6) is 0 Å². The molecule has 0 heterocycles. The number of carbonyl (C=O) groups is 1. The lowest BCUT2D eigenvalue weighted by Crippen LogP contribution is -2.26. The van der Waals surface area contributed by atoms with Crippen molar-refractivity contribution in [1.29, 1.82) is 0 Å².